The van der Waals surface area contributed by atoms with E-state index in [-0.39, 0.29) is 0 Å². The number of benzene rings is 2. The summed E-state index contributed by atoms with van der Waals surface area (Å²) in [5, 5.41) is 16.4. The first-order valence-electron chi connectivity index (χ1n) is 8.14. The quantitative estimate of drug-likeness (QED) is 0.374. The van der Waals surface area contributed by atoms with Crippen molar-refractivity contribution in [2.75, 3.05) is 0 Å². The minimum absolute atomic E-state index is 0.668. The monoisotopic (exact) mass is 411 g/mol. The van der Waals surface area contributed by atoms with Crippen molar-refractivity contribution >= 4 is 50.4 Å². The van der Waals surface area contributed by atoms with Gasteiger partial charge in [-0.1, -0.05) is 52.7 Å². The van der Waals surface area contributed by atoms with Gasteiger partial charge in [0.05, 0.1) is 16.7 Å². The number of halogens is 2. The molecule has 0 unspecified atom stereocenters. The summed E-state index contributed by atoms with van der Waals surface area (Å²) in [4.78, 5) is 5.46. The first kappa shape index (κ1) is 16.6. The van der Waals surface area contributed by atoms with Gasteiger partial charge in [-0.15, -0.1) is 10.2 Å². The Morgan fingerprint density at radius 2 is 1.89 bits per heavy atom. The number of rotatable bonds is 2. The van der Waals surface area contributed by atoms with Crippen molar-refractivity contribution in [2.45, 2.75) is 6.92 Å². The van der Waals surface area contributed by atoms with E-state index in [9.17, 15) is 0 Å². The van der Waals surface area contributed by atoms with E-state index >= 15 is 0 Å². The van der Waals surface area contributed by atoms with E-state index in [0.29, 0.717) is 10.0 Å². The molecule has 0 aliphatic heterocycles. The molecule has 0 amide bonds. The van der Waals surface area contributed by atoms with Crippen LogP contribution in [0.2, 0.25) is 10.0 Å². The number of hydrogen-bond acceptors (Lipinski definition) is 5. The number of hydrogen-bond donors (Lipinski definition) is 0. The molecule has 2 aromatic carbocycles. The van der Waals surface area contributed by atoms with E-state index < -0.39 is 0 Å². The molecule has 27 heavy (non-hydrogen) atoms. The molecule has 0 saturated heterocycles. The summed E-state index contributed by atoms with van der Waals surface area (Å²) >= 11 is 13.9. The molecule has 3 aromatic heterocycles. The number of aryl methyl sites for hydroxylation is 1. The lowest BCUT2D eigenvalue weighted by Crippen LogP contribution is -1.94. The van der Waals surface area contributed by atoms with Crippen LogP contribution in [0.15, 0.2) is 48.7 Å². The second-order valence-corrected chi connectivity index (χ2v) is 7.88. The maximum Gasteiger partial charge on any atom is 0.213 e. The first-order chi connectivity index (χ1) is 13.1. The highest BCUT2D eigenvalue weighted by Crippen LogP contribution is 2.33. The van der Waals surface area contributed by atoms with Gasteiger partial charge in [-0.3, -0.25) is 0 Å². The molecule has 5 nitrogen and oxygen atoms in total. The highest BCUT2D eigenvalue weighted by molar-refractivity contribution is 7.19. The van der Waals surface area contributed by atoms with Gasteiger partial charge in [0.2, 0.25) is 4.96 Å². The number of aromatic nitrogens is 5. The van der Waals surface area contributed by atoms with Gasteiger partial charge in [0.25, 0.3) is 0 Å². The Morgan fingerprint density at radius 1 is 1.04 bits per heavy atom. The van der Waals surface area contributed by atoms with Crippen LogP contribution in [0.25, 0.3) is 37.8 Å². The third-order valence-corrected chi connectivity index (χ3v) is 5.89. The molecule has 0 saturated carbocycles. The fourth-order valence-corrected chi connectivity index (χ4v) is 4.38. The van der Waals surface area contributed by atoms with E-state index in [4.69, 9.17) is 23.2 Å². The molecular weight excluding hydrogens is 401 g/mol. The minimum atomic E-state index is 0.668. The smallest absolute Gasteiger partial charge is 0.213 e. The molecule has 5 rings (SSSR count). The summed E-state index contributed by atoms with van der Waals surface area (Å²) in [6, 6.07) is 13.2. The van der Waals surface area contributed by atoms with Crippen molar-refractivity contribution in [1.82, 2.24) is 24.8 Å². The van der Waals surface area contributed by atoms with E-state index in [1.165, 1.54) is 11.3 Å². The third kappa shape index (κ3) is 2.77. The molecule has 3 heterocycles. The Balaban J connectivity index is 1.62. The van der Waals surface area contributed by atoms with Crippen LogP contribution in [-0.4, -0.2) is 24.8 Å². The summed E-state index contributed by atoms with van der Waals surface area (Å²) in [7, 11) is 0. The van der Waals surface area contributed by atoms with E-state index in [2.05, 4.69) is 20.3 Å². The van der Waals surface area contributed by atoms with E-state index in [0.717, 1.165) is 43.4 Å². The van der Waals surface area contributed by atoms with Gasteiger partial charge in [-0.2, -0.15) is 5.10 Å². The molecule has 132 valence electrons. The molecule has 0 fully saturated rings. The van der Waals surface area contributed by atoms with Crippen molar-refractivity contribution in [2.24, 2.45) is 0 Å². The normalized spacial score (nSPS) is 11.5. The maximum absolute atomic E-state index is 6.28. The van der Waals surface area contributed by atoms with Crippen LogP contribution in [0.3, 0.4) is 0 Å². The summed E-state index contributed by atoms with van der Waals surface area (Å²) < 4.78 is 1.75. The summed E-state index contributed by atoms with van der Waals surface area (Å²) in [5.74, 6) is 0. The third-order valence-electron chi connectivity index (χ3n) is 4.37. The topological polar surface area (TPSA) is 56.0 Å². The van der Waals surface area contributed by atoms with Crippen molar-refractivity contribution in [3.05, 3.63) is 64.3 Å². The lowest BCUT2D eigenvalue weighted by atomic mass is 10.1. The first-order valence-corrected chi connectivity index (χ1v) is 9.71. The van der Waals surface area contributed by atoms with Gasteiger partial charge >= 0.3 is 0 Å². The fraction of sp³-hybridized carbons (Fsp3) is 0.0526. The average molecular weight is 412 g/mol. The van der Waals surface area contributed by atoms with Gasteiger partial charge in [0.15, 0.2) is 0 Å². The average Bonchev–Trinajstić information content (AvgIpc) is 3.22. The predicted octanol–water partition coefficient (Wildman–Crippen LogP) is 5.68. The molecule has 0 spiro atoms. The summed E-state index contributed by atoms with van der Waals surface area (Å²) in [5.41, 5.74) is 4.14. The Hall–Kier alpha value is -2.54. The van der Waals surface area contributed by atoms with Gasteiger partial charge in [-0.05, 0) is 36.8 Å². The van der Waals surface area contributed by atoms with Crippen LogP contribution in [0.4, 0.5) is 0 Å². The van der Waals surface area contributed by atoms with Crippen LogP contribution >= 0.6 is 34.5 Å². The van der Waals surface area contributed by atoms with Gasteiger partial charge in [-0.25, -0.2) is 9.50 Å². The highest BCUT2D eigenvalue weighted by atomic mass is 35.5. The van der Waals surface area contributed by atoms with E-state index in [1.807, 2.05) is 55.6 Å². The Morgan fingerprint density at radius 3 is 2.70 bits per heavy atom. The second-order valence-electron chi connectivity index (χ2n) is 6.08. The molecule has 5 aromatic rings. The second kappa shape index (κ2) is 6.27. The van der Waals surface area contributed by atoms with Crippen molar-refractivity contribution in [3.63, 3.8) is 0 Å². The van der Waals surface area contributed by atoms with Gasteiger partial charge < -0.3 is 0 Å². The Labute approximate surface area is 168 Å². The lowest BCUT2D eigenvalue weighted by Gasteiger charge is -2.05. The highest BCUT2D eigenvalue weighted by Gasteiger charge is 2.16. The summed E-state index contributed by atoms with van der Waals surface area (Å²) in [6.07, 6.45) is 1.86. The lowest BCUT2D eigenvalue weighted by molar-refractivity contribution is 0.977. The largest absolute Gasteiger partial charge is 0.216 e. The van der Waals surface area contributed by atoms with Gasteiger partial charge in [0, 0.05) is 16.0 Å². The molecule has 0 aliphatic carbocycles. The van der Waals surface area contributed by atoms with Crippen molar-refractivity contribution in [1.29, 1.82) is 0 Å². The maximum atomic E-state index is 6.28. The van der Waals surface area contributed by atoms with Crippen molar-refractivity contribution < 1.29 is 0 Å². The summed E-state index contributed by atoms with van der Waals surface area (Å²) in [6.45, 7) is 2.00. The van der Waals surface area contributed by atoms with Crippen molar-refractivity contribution in [3.8, 4) is 22.0 Å². The minimum Gasteiger partial charge on any atom is -0.216 e. The van der Waals surface area contributed by atoms with Gasteiger partial charge in [0.1, 0.15) is 16.4 Å². The molecule has 0 radical (unpaired) electrons. The van der Waals surface area contributed by atoms with Crippen LogP contribution in [0.1, 0.15) is 5.56 Å². The standard InChI is InChI=1S/C19H11Cl2N5S/c1-10-13-8-11(20)6-7-15(13)23-24-17(10)16-9-26-19(22-16)27-18(25-26)12-4-2-3-5-14(12)21/h2-9H,1H3. The number of nitrogens with zero attached hydrogens (tertiary/aromatic N) is 5. The van der Waals surface area contributed by atoms with Crippen LogP contribution in [-0.2, 0) is 0 Å². The zero-order valence-corrected chi connectivity index (χ0v) is 16.3. The molecule has 0 atom stereocenters. The predicted molar refractivity (Wildman–Crippen MR) is 110 cm³/mol. The molecule has 8 heteroatoms. The number of imidazole rings is 1. The molecule has 0 bridgehead atoms. The van der Waals surface area contributed by atoms with Crippen LogP contribution in [0, 0.1) is 6.92 Å². The zero-order chi connectivity index (χ0) is 18.5. The van der Waals surface area contributed by atoms with E-state index in [1.54, 1.807) is 4.52 Å². The fourth-order valence-electron chi connectivity index (χ4n) is 3.00. The SMILES string of the molecule is Cc1c(-c2cn3nc(-c4ccccc4Cl)sc3n2)nnc2ccc(Cl)cc12. The van der Waals surface area contributed by atoms with Crippen LogP contribution < -0.4 is 0 Å². The Bertz CT molecular complexity index is 1290. The Kier molecular flexibility index (Phi) is 3.86. The zero-order valence-electron chi connectivity index (χ0n) is 14.0. The molecule has 0 aliphatic rings. The number of fused-ring (bicyclic) bond motifs is 2. The molecule has 0 N–H and O–H groups in total. The van der Waals surface area contributed by atoms with Crippen LogP contribution in [0.5, 0.6) is 0 Å². The molecular formula is C19H11Cl2N5S.